The van der Waals surface area contributed by atoms with Crippen molar-refractivity contribution >= 4 is 15.7 Å². The van der Waals surface area contributed by atoms with Crippen LogP contribution in [-0.4, -0.2) is 30.9 Å². The van der Waals surface area contributed by atoms with Gasteiger partial charge in [0.15, 0.2) is 6.29 Å². The van der Waals surface area contributed by atoms with Crippen molar-refractivity contribution in [2.24, 2.45) is 0 Å². The monoisotopic (exact) mass is 243 g/mol. The summed E-state index contributed by atoms with van der Waals surface area (Å²) >= 11 is 0. The molecular weight excluding hydrogens is 230 g/mol. The summed E-state index contributed by atoms with van der Waals surface area (Å²) in [7, 11) is -3.16. The standard InChI is InChI=1S/C10H13NO4S/c12-10(13)8-2-4-9(5-3-8)11-6-1-7-16(11,14)15/h2-5,10,12-13H,1,6-7H2. The van der Waals surface area contributed by atoms with Gasteiger partial charge in [0.05, 0.1) is 11.4 Å². The second kappa shape index (κ2) is 4.04. The van der Waals surface area contributed by atoms with Gasteiger partial charge >= 0.3 is 0 Å². The average molecular weight is 243 g/mol. The second-order valence-electron chi connectivity index (χ2n) is 3.71. The first-order chi connectivity index (χ1) is 7.50. The highest BCUT2D eigenvalue weighted by atomic mass is 32.2. The molecule has 5 nitrogen and oxygen atoms in total. The lowest BCUT2D eigenvalue weighted by molar-refractivity contribution is -0.0424. The number of rotatable bonds is 2. The fourth-order valence-electron chi connectivity index (χ4n) is 1.74. The lowest BCUT2D eigenvalue weighted by Crippen LogP contribution is -2.24. The summed E-state index contributed by atoms with van der Waals surface area (Å²) < 4.78 is 24.6. The van der Waals surface area contributed by atoms with E-state index in [0.29, 0.717) is 24.2 Å². The van der Waals surface area contributed by atoms with Crippen molar-refractivity contribution in [1.82, 2.24) is 0 Å². The molecule has 0 unspecified atom stereocenters. The van der Waals surface area contributed by atoms with E-state index in [4.69, 9.17) is 10.2 Å². The molecule has 0 aliphatic carbocycles. The minimum atomic E-state index is -3.16. The molecule has 1 heterocycles. The van der Waals surface area contributed by atoms with Crippen molar-refractivity contribution in [3.8, 4) is 0 Å². The number of hydrogen-bond acceptors (Lipinski definition) is 4. The Hall–Kier alpha value is -1.11. The third kappa shape index (κ3) is 2.04. The van der Waals surface area contributed by atoms with Crippen molar-refractivity contribution in [2.75, 3.05) is 16.6 Å². The maximum absolute atomic E-state index is 11.6. The van der Waals surface area contributed by atoms with Crippen molar-refractivity contribution in [2.45, 2.75) is 12.7 Å². The van der Waals surface area contributed by atoms with Gasteiger partial charge in [-0.05, 0) is 18.6 Å². The molecule has 6 heteroatoms. The Morgan fingerprint density at radius 3 is 2.25 bits per heavy atom. The van der Waals surface area contributed by atoms with E-state index in [2.05, 4.69) is 0 Å². The Morgan fingerprint density at radius 1 is 1.19 bits per heavy atom. The molecule has 0 bridgehead atoms. The zero-order valence-corrected chi connectivity index (χ0v) is 9.39. The van der Waals surface area contributed by atoms with Gasteiger partial charge in [0.1, 0.15) is 0 Å². The molecule has 2 N–H and O–H groups in total. The van der Waals surface area contributed by atoms with E-state index in [1.165, 1.54) is 16.4 Å². The molecule has 16 heavy (non-hydrogen) atoms. The highest BCUT2D eigenvalue weighted by Gasteiger charge is 2.28. The lowest BCUT2D eigenvalue weighted by atomic mass is 10.2. The molecule has 1 aromatic carbocycles. The zero-order valence-electron chi connectivity index (χ0n) is 8.57. The van der Waals surface area contributed by atoms with Crippen molar-refractivity contribution < 1.29 is 18.6 Å². The zero-order chi connectivity index (χ0) is 11.8. The van der Waals surface area contributed by atoms with Crippen LogP contribution in [0.3, 0.4) is 0 Å². The maximum atomic E-state index is 11.6. The summed E-state index contributed by atoms with van der Waals surface area (Å²) in [6, 6.07) is 6.18. The topological polar surface area (TPSA) is 77.8 Å². The molecule has 1 aromatic rings. The summed E-state index contributed by atoms with van der Waals surface area (Å²) in [6.45, 7) is 0.489. The number of sulfonamides is 1. The van der Waals surface area contributed by atoms with E-state index in [0.717, 1.165) is 0 Å². The van der Waals surface area contributed by atoms with E-state index in [-0.39, 0.29) is 5.75 Å². The molecule has 0 spiro atoms. The van der Waals surface area contributed by atoms with Crippen LogP contribution in [0.25, 0.3) is 0 Å². The predicted octanol–water partition coefficient (Wildman–Crippen LogP) is 0.210. The highest BCUT2D eigenvalue weighted by Crippen LogP contribution is 2.25. The SMILES string of the molecule is O=S1(=O)CCCN1c1ccc(C(O)O)cc1. The van der Waals surface area contributed by atoms with Gasteiger partial charge in [0, 0.05) is 12.1 Å². The quantitative estimate of drug-likeness (QED) is 0.728. The molecular formula is C10H13NO4S. The average Bonchev–Trinajstić information content (AvgIpc) is 2.58. The lowest BCUT2D eigenvalue weighted by Gasteiger charge is -2.17. The molecule has 1 aliphatic rings. The Morgan fingerprint density at radius 2 is 1.81 bits per heavy atom. The second-order valence-corrected chi connectivity index (χ2v) is 5.72. The molecule has 1 aliphatic heterocycles. The minimum absolute atomic E-state index is 0.178. The fourth-order valence-corrected chi connectivity index (χ4v) is 3.31. The van der Waals surface area contributed by atoms with Gasteiger partial charge < -0.3 is 10.2 Å². The fraction of sp³-hybridized carbons (Fsp3) is 0.400. The van der Waals surface area contributed by atoms with Gasteiger partial charge in [-0.25, -0.2) is 8.42 Å². The van der Waals surface area contributed by atoms with E-state index in [1.54, 1.807) is 12.1 Å². The summed E-state index contributed by atoms with van der Waals surface area (Å²) in [6.07, 6.45) is -0.892. The van der Waals surface area contributed by atoms with Gasteiger partial charge in [-0.1, -0.05) is 12.1 Å². The van der Waals surface area contributed by atoms with E-state index < -0.39 is 16.3 Å². The molecule has 88 valence electrons. The maximum Gasteiger partial charge on any atom is 0.235 e. The summed E-state index contributed by atoms with van der Waals surface area (Å²) in [4.78, 5) is 0. The highest BCUT2D eigenvalue weighted by molar-refractivity contribution is 7.93. The molecule has 0 saturated carbocycles. The van der Waals surface area contributed by atoms with Crippen molar-refractivity contribution in [1.29, 1.82) is 0 Å². The number of benzene rings is 1. The summed E-state index contributed by atoms with van der Waals surface area (Å²) in [5.41, 5.74) is 0.919. The van der Waals surface area contributed by atoms with Crippen LogP contribution in [0, 0.1) is 0 Å². The normalized spacial score (nSPS) is 19.3. The summed E-state index contributed by atoms with van der Waals surface area (Å²) in [5, 5.41) is 17.8. The Kier molecular flexibility index (Phi) is 2.88. The Labute approximate surface area is 94.0 Å². The van der Waals surface area contributed by atoms with Crippen LogP contribution in [0.4, 0.5) is 5.69 Å². The minimum Gasteiger partial charge on any atom is -0.364 e. The van der Waals surface area contributed by atoms with Crippen molar-refractivity contribution in [3.05, 3.63) is 29.8 Å². The van der Waals surface area contributed by atoms with Gasteiger partial charge in [0.2, 0.25) is 10.0 Å². The van der Waals surface area contributed by atoms with E-state index >= 15 is 0 Å². The van der Waals surface area contributed by atoms with Crippen LogP contribution in [0.5, 0.6) is 0 Å². The summed E-state index contributed by atoms with van der Waals surface area (Å²) in [5.74, 6) is 0.178. The van der Waals surface area contributed by atoms with Crippen LogP contribution in [0.15, 0.2) is 24.3 Å². The third-order valence-corrected chi connectivity index (χ3v) is 4.45. The Bertz CT molecular complexity index is 466. The van der Waals surface area contributed by atoms with Crippen LogP contribution < -0.4 is 4.31 Å². The molecule has 0 aromatic heterocycles. The first kappa shape index (κ1) is 11.4. The van der Waals surface area contributed by atoms with Gasteiger partial charge in [-0.15, -0.1) is 0 Å². The number of hydrogen-bond donors (Lipinski definition) is 2. The molecule has 0 radical (unpaired) electrons. The number of anilines is 1. The van der Waals surface area contributed by atoms with Crippen LogP contribution in [0.1, 0.15) is 18.3 Å². The largest absolute Gasteiger partial charge is 0.364 e. The van der Waals surface area contributed by atoms with E-state index in [9.17, 15) is 8.42 Å². The van der Waals surface area contributed by atoms with Crippen LogP contribution >= 0.6 is 0 Å². The molecule has 1 fully saturated rings. The van der Waals surface area contributed by atoms with Gasteiger partial charge in [0.25, 0.3) is 0 Å². The molecule has 1 saturated heterocycles. The first-order valence-corrected chi connectivity index (χ1v) is 6.58. The van der Waals surface area contributed by atoms with Crippen molar-refractivity contribution in [3.63, 3.8) is 0 Å². The van der Waals surface area contributed by atoms with Crippen LogP contribution in [0.2, 0.25) is 0 Å². The van der Waals surface area contributed by atoms with E-state index in [1.807, 2.05) is 0 Å². The Balaban J connectivity index is 2.29. The number of aliphatic hydroxyl groups is 2. The smallest absolute Gasteiger partial charge is 0.235 e. The molecule has 0 atom stereocenters. The molecule has 0 amide bonds. The number of nitrogens with zero attached hydrogens (tertiary/aromatic N) is 1. The van der Waals surface area contributed by atoms with Crippen LogP contribution in [-0.2, 0) is 10.0 Å². The third-order valence-electron chi connectivity index (χ3n) is 2.58. The van der Waals surface area contributed by atoms with Gasteiger partial charge in [-0.2, -0.15) is 0 Å². The van der Waals surface area contributed by atoms with Gasteiger partial charge in [-0.3, -0.25) is 4.31 Å². The first-order valence-electron chi connectivity index (χ1n) is 4.97. The number of aliphatic hydroxyl groups excluding tert-OH is 1. The predicted molar refractivity (Wildman–Crippen MR) is 59.4 cm³/mol. The molecule has 2 rings (SSSR count).